The fourth-order valence-corrected chi connectivity index (χ4v) is 5.66. The largest absolute Gasteiger partial charge is 0.459 e. The first-order chi connectivity index (χ1) is 16.9. The van der Waals surface area contributed by atoms with Gasteiger partial charge >= 0.3 is 5.97 Å². The van der Waals surface area contributed by atoms with E-state index < -0.39 is 17.6 Å². The summed E-state index contributed by atoms with van der Waals surface area (Å²) in [4.78, 5) is 12.7. The average molecular weight is 489 g/mol. The number of esters is 1. The molecular formula is C28H31F3O4. The highest BCUT2D eigenvalue weighted by molar-refractivity contribution is 5.90. The van der Waals surface area contributed by atoms with Gasteiger partial charge in [0.25, 0.3) is 0 Å². The van der Waals surface area contributed by atoms with Gasteiger partial charge in [-0.1, -0.05) is 18.2 Å². The topological polar surface area (TPSA) is 48.1 Å². The smallest absolute Gasteiger partial charge is 0.341 e. The van der Waals surface area contributed by atoms with Gasteiger partial charge in [0.05, 0.1) is 18.3 Å². The number of rotatable bonds is 6. The number of halogens is 3. The van der Waals surface area contributed by atoms with Gasteiger partial charge in [-0.25, -0.2) is 18.0 Å². The molecule has 2 aromatic rings. The molecule has 2 aliphatic carbocycles. The molecule has 5 rings (SSSR count). The lowest BCUT2D eigenvalue weighted by Gasteiger charge is -2.29. The Labute approximate surface area is 203 Å². The third-order valence-corrected chi connectivity index (χ3v) is 7.90. The Morgan fingerprint density at radius 2 is 1.46 bits per heavy atom. The Morgan fingerprint density at radius 1 is 0.829 bits per heavy atom. The van der Waals surface area contributed by atoms with E-state index >= 15 is 0 Å². The van der Waals surface area contributed by atoms with Crippen LogP contribution in [0.3, 0.4) is 0 Å². The minimum Gasteiger partial charge on any atom is -0.459 e. The normalized spacial score (nSPS) is 28.5. The van der Waals surface area contributed by atoms with E-state index in [0.29, 0.717) is 30.6 Å². The SMILES string of the molecule is COC1CCC(c2ccc(C(=O)OC3CCC(c4ccc(C5CO5)c(F)c4)CC3)c(F)c2F)CC1. The molecule has 2 aromatic carbocycles. The molecule has 4 nitrogen and oxygen atoms in total. The van der Waals surface area contributed by atoms with Gasteiger partial charge in [0, 0.05) is 12.7 Å². The van der Waals surface area contributed by atoms with Crippen molar-refractivity contribution in [1.29, 1.82) is 0 Å². The fraction of sp³-hybridized carbons (Fsp3) is 0.536. The number of hydrogen-bond donors (Lipinski definition) is 0. The fourth-order valence-electron chi connectivity index (χ4n) is 5.66. The van der Waals surface area contributed by atoms with E-state index in [9.17, 15) is 18.0 Å². The number of carbonyl (C=O) groups is 1. The minimum absolute atomic E-state index is 0.0769. The molecule has 1 heterocycles. The van der Waals surface area contributed by atoms with Crippen molar-refractivity contribution in [3.05, 3.63) is 70.0 Å². The van der Waals surface area contributed by atoms with Gasteiger partial charge in [0.15, 0.2) is 11.6 Å². The highest BCUT2D eigenvalue weighted by atomic mass is 19.2. The maximum Gasteiger partial charge on any atom is 0.341 e. The number of epoxide rings is 1. The van der Waals surface area contributed by atoms with Crippen LogP contribution in [0, 0.1) is 17.5 Å². The maximum atomic E-state index is 14.9. The molecule has 35 heavy (non-hydrogen) atoms. The van der Waals surface area contributed by atoms with E-state index in [2.05, 4.69) is 0 Å². The first kappa shape index (κ1) is 24.3. The summed E-state index contributed by atoms with van der Waals surface area (Å²) in [5.74, 6) is -3.07. The second-order valence-corrected chi connectivity index (χ2v) is 10.0. The Bertz CT molecular complexity index is 1070. The van der Waals surface area contributed by atoms with Gasteiger partial charge in [0.2, 0.25) is 0 Å². The zero-order chi connectivity index (χ0) is 24.5. The summed E-state index contributed by atoms with van der Waals surface area (Å²) in [7, 11) is 1.67. The predicted molar refractivity (Wildman–Crippen MR) is 124 cm³/mol. The lowest BCUT2D eigenvalue weighted by Crippen LogP contribution is -2.25. The monoisotopic (exact) mass is 488 g/mol. The molecule has 1 unspecified atom stereocenters. The van der Waals surface area contributed by atoms with Crippen LogP contribution in [-0.2, 0) is 14.2 Å². The first-order valence-electron chi connectivity index (χ1n) is 12.6. The van der Waals surface area contributed by atoms with E-state index in [1.165, 1.54) is 12.1 Å². The lowest BCUT2D eigenvalue weighted by atomic mass is 9.82. The van der Waals surface area contributed by atoms with Crippen molar-refractivity contribution in [2.45, 2.75) is 81.5 Å². The molecule has 1 saturated heterocycles. The Morgan fingerprint density at radius 3 is 2.09 bits per heavy atom. The van der Waals surface area contributed by atoms with Crippen LogP contribution in [0.15, 0.2) is 30.3 Å². The first-order valence-corrected chi connectivity index (χ1v) is 12.6. The molecule has 0 bridgehead atoms. The predicted octanol–water partition coefficient (Wildman–Crippen LogP) is 6.73. The summed E-state index contributed by atoms with van der Waals surface area (Å²) in [6, 6.07) is 8.18. The van der Waals surface area contributed by atoms with E-state index in [0.717, 1.165) is 44.1 Å². The highest BCUT2D eigenvalue weighted by Gasteiger charge is 2.31. The molecule has 0 amide bonds. The summed E-state index contributed by atoms with van der Waals surface area (Å²) in [6.45, 7) is 0.565. The van der Waals surface area contributed by atoms with Crippen LogP contribution in [0.4, 0.5) is 13.2 Å². The Balaban J connectivity index is 1.17. The molecule has 0 spiro atoms. The van der Waals surface area contributed by atoms with Gasteiger partial charge in [-0.05, 0) is 86.5 Å². The quantitative estimate of drug-likeness (QED) is 0.334. The van der Waals surface area contributed by atoms with Crippen molar-refractivity contribution in [2.24, 2.45) is 0 Å². The second kappa shape index (κ2) is 10.3. The van der Waals surface area contributed by atoms with Crippen LogP contribution in [0.25, 0.3) is 0 Å². The van der Waals surface area contributed by atoms with Gasteiger partial charge < -0.3 is 14.2 Å². The molecule has 0 radical (unpaired) electrons. The molecule has 1 aliphatic heterocycles. The molecule has 7 heteroatoms. The Kier molecular flexibility index (Phi) is 7.17. The van der Waals surface area contributed by atoms with E-state index in [1.807, 2.05) is 6.07 Å². The van der Waals surface area contributed by atoms with Crippen LogP contribution in [0.5, 0.6) is 0 Å². The summed E-state index contributed by atoms with van der Waals surface area (Å²) in [5.41, 5.74) is 1.48. The van der Waals surface area contributed by atoms with Crippen molar-refractivity contribution in [2.75, 3.05) is 13.7 Å². The standard InChI is InChI=1S/C28H31F3O4/c1-33-19-7-4-17(5-8-19)21-12-13-23(27(31)26(21)30)28(32)35-20-9-2-16(3-10-20)18-6-11-22(24(29)14-18)25-15-34-25/h6,11-14,16-17,19-20,25H,2-5,7-10,15H2,1H3. The number of benzene rings is 2. The summed E-state index contributed by atoms with van der Waals surface area (Å²) < 4.78 is 60.1. The van der Waals surface area contributed by atoms with Crippen molar-refractivity contribution < 1.29 is 32.2 Å². The van der Waals surface area contributed by atoms with Crippen LogP contribution < -0.4 is 0 Å². The molecule has 3 aliphatic rings. The Hall–Kier alpha value is -2.38. The maximum absolute atomic E-state index is 14.9. The van der Waals surface area contributed by atoms with Gasteiger partial charge in [-0.2, -0.15) is 0 Å². The minimum atomic E-state index is -1.13. The molecule has 0 N–H and O–H groups in total. The summed E-state index contributed by atoms with van der Waals surface area (Å²) in [5, 5.41) is 0. The molecule has 3 fully saturated rings. The molecule has 188 valence electrons. The summed E-state index contributed by atoms with van der Waals surface area (Å²) >= 11 is 0. The number of hydrogen-bond acceptors (Lipinski definition) is 4. The van der Waals surface area contributed by atoms with Gasteiger partial charge in [0.1, 0.15) is 18.0 Å². The molecule has 0 aromatic heterocycles. The van der Waals surface area contributed by atoms with Crippen molar-refractivity contribution in [3.63, 3.8) is 0 Å². The van der Waals surface area contributed by atoms with E-state index in [1.54, 1.807) is 19.2 Å². The number of ether oxygens (including phenoxy) is 3. The van der Waals surface area contributed by atoms with Crippen LogP contribution in [0.1, 0.15) is 96.4 Å². The number of carbonyl (C=O) groups excluding carboxylic acids is 1. The van der Waals surface area contributed by atoms with E-state index in [4.69, 9.17) is 14.2 Å². The summed E-state index contributed by atoms with van der Waals surface area (Å²) in [6.07, 6.45) is 5.39. The van der Waals surface area contributed by atoms with Crippen LogP contribution in [-0.4, -0.2) is 31.9 Å². The van der Waals surface area contributed by atoms with Gasteiger partial charge in [-0.3, -0.25) is 0 Å². The molecule has 1 atom stereocenters. The van der Waals surface area contributed by atoms with Gasteiger partial charge in [-0.15, -0.1) is 0 Å². The van der Waals surface area contributed by atoms with Crippen molar-refractivity contribution in [1.82, 2.24) is 0 Å². The van der Waals surface area contributed by atoms with Crippen molar-refractivity contribution >= 4 is 5.97 Å². The lowest BCUT2D eigenvalue weighted by molar-refractivity contribution is 0.0189. The molecule has 2 saturated carbocycles. The number of methoxy groups -OCH3 is 1. The third-order valence-electron chi connectivity index (χ3n) is 7.90. The van der Waals surface area contributed by atoms with E-state index in [-0.39, 0.29) is 41.5 Å². The van der Waals surface area contributed by atoms with Crippen LogP contribution in [0.2, 0.25) is 0 Å². The molecular weight excluding hydrogens is 457 g/mol. The zero-order valence-electron chi connectivity index (χ0n) is 19.9. The second-order valence-electron chi connectivity index (χ2n) is 10.0. The van der Waals surface area contributed by atoms with Crippen LogP contribution >= 0.6 is 0 Å². The van der Waals surface area contributed by atoms with Crippen molar-refractivity contribution in [3.8, 4) is 0 Å². The highest BCUT2D eigenvalue weighted by Crippen LogP contribution is 2.39. The zero-order valence-corrected chi connectivity index (χ0v) is 19.9. The third kappa shape index (κ3) is 5.26. The average Bonchev–Trinajstić information content (AvgIpc) is 3.71.